The highest BCUT2D eigenvalue weighted by molar-refractivity contribution is 6.03. The van der Waals surface area contributed by atoms with Crippen molar-refractivity contribution in [2.45, 2.75) is 38.9 Å². The molecule has 1 heterocycles. The molecule has 3 nitrogen and oxygen atoms in total. The van der Waals surface area contributed by atoms with E-state index in [1.165, 1.54) is 0 Å². The lowest BCUT2D eigenvalue weighted by atomic mass is 10.1. The summed E-state index contributed by atoms with van der Waals surface area (Å²) in [4.78, 5) is 14.2. The molecule has 1 N–H and O–H groups in total. The average molecular weight is 242 g/mol. The maximum atomic E-state index is 12.4. The van der Waals surface area contributed by atoms with Crippen LogP contribution in [-0.2, 0) is 4.79 Å². The first-order valence-corrected chi connectivity index (χ1v) is 5.98. The minimum Gasteiger partial charge on any atom is -0.293 e. The van der Waals surface area contributed by atoms with Crippen LogP contribution in [0.3, 0.4) is 0 Å². The van der Waals surface area contributed by atoms with E-state index in [2.05, 4.69) is 11.2 Å². The first-order chi connectivity index (χ1) is 8.28. The Labute approximate surface area is 108 Å². The molecule has 3 heteroatoms. The second-order valence-corrected chi connectivity index (χ2v) is 5.64. The third kappa shape index (κ3) is 1.89. The zero-order valence-electron chi connectivity index (χ0n) is 11.2. The smallest absolute Gasteiger partial charge is 0.248 e. The predicted octanol–water partition coefficient (Wildman–Crippen LogP) is 2.12. The summed E-state index contributed by atoms with van der Waals surface area (Å²) < 4.78 is 0. The molecule has 0 spiro atoms. The molecule has 94 valence electrons. The highest BCUT2D eigenvalue weighted by Gasteiger charge is 2.49. The number of rotatable bonds is 1. The van der Waals surface area contributed by atoms with Gasteiger partial charge in [-0.2, -0.15) is 0 Å². The van der Waals surface area contributed by atoms with E-state index in [0.29, 0.717) is 0 Å². The molecule has 1 aromatic rings. The Hall–Kier alpha value is -1.79. The van der Waals surface area contributed by atoms with Crippen molar-refractivity contribution < 1.29 is 4.79 Å². The van der Waals surface area contributed by atoms with Crippen LogP contribution in [0, 0.1) is 12.3 Å². The zero-order valence-corrected chi connectivity index (χ0v) is 11.2. The molecule has 1 aliphatic heterocycles. The van der Waals surface area contributed by atoms with Gasteiger partial charge in [0, 0.05) is 11.3 Å². The summed E-state index contributed by atoms with van der Waals surface area (Å²) in [6.45, 7) is 7.78. The summed E-state index contributed by atoms with van der Waals surface area (Å²) in [6.07, 6.45) is 5.33. The van der Waals surface area contributed by atoms with Crippen LogP contribution in [-0.4, -0.2) is 17.1 Å². The zero-order chi connectivity index (χ0) is 13.6. The number of nitrogens with zero attached hydrogens (tertiary/aromatic N) is 1. The summed E-state index contributed by atoms with van der Waals surface area (Å²) in [7, 11) is 0. The largest absolute Gasteiger partial charge is 0.293 e. The summed E-state index contributed by atoms with van der Waals surface area (Å²) in [5, 5.41) is 3.33. The summed E-state index contributed by atoms with van der Waals surface area (Å²) in [5.41, 5.74) is 0.726. The Balaban J connectivity index is 2.43. The summed E-state index contributed by atoms with van der Waals surface area (Å²) in [6, 6.07) is 7.48. The minimum absolute atomic E-state index is 0.0703. The van der Waals surface area contributed by atoms with Crippen molar-refractivity contribution in [1.82, 2.24) is 5.32 Å². The van der Waals surface area contributed by atoms with Crippen LogP contribution in [0.25, 0.3) is 0 Å². The van der Waals surface area contributed by atoms with Gasteiger partial charge >= 0.3 is 0 Å². The van der Waals surface area contributed by atoms with Gasteiger partial charge in [-0.15, -0.1) is 6.42 Å². The fourth-order valence-electron chi connectivity index (χ4n) is 2.55. The molecule has 0 aromatic heterocycles. The Morgan fingerprint density at radius 3 is 2.11 bits per heavy atom. The van der Waals surface area contributed by atoms with Crippen LogP contribution >= 0.6 is 0 Å². The monoisotopic (exact) mass is 242 g/mol. The van der Waals surface area contributed by atoms with Crippen LogP contribution in [0.15, 0.2) is 24.3 Å². The van der Waals surface area contributed by atoms with Crippen molar-refractivity contribution in [3.63, 3.8) is 0 Å². The van der Waals surface area contributed by atoms with Gasteiger partial charge in [0.2, 0.25) is 5.91 Å². The maximum Gasteiger partial charge on any atom is 0.248 e. The van der Waals surface area contributed by atoms with Gasteiger partial charge in [0.15, 0.2) is 0 Å². The molecule has 1 fully saturated rings. The van der Waals surface area contributed by atoms with E-state index in [9.17, 15) is 4.79 Å². The van der Waals surface area contributed by atoms with Crippen LogP contribution in [0.5, 0.6) is 0 Å². The van der Waals surface area contributed by atoms with Gasteiger partial charge in [-0.25, -0.2) is 0 Å². The van der Waals surface area contributed by atoms with Gasteiger partial charge in [-0.3, -0.25) is 15.0 Å². The van der Waals surface area contributed by atoms with Gasteiger partial charge in [0.05, 0.1) is 11.2 Å². The normalized spacial score (nSPS) is 20.8. The molecule has 1 aliphatic rings. The lowest BCUT2D eigenvalue weighted by Gasteiger charge is -2.31. The van der Waals surface area contributed by atoms with E-state index in [4.69, 9.17) is 6.42 Å². The number of anilines is 1. The van der Waals surface area contributed by atoms with Crippen LogP contribution in [0.1, 0.15) is 33.3 Å². The number of hydrogen-bond acceptors (Lipinski definition) is 2. The Kier molecular flexibility index (Phi) is 2.71. The highest BCUT2D eigenvalue weighted by Crippen LogP contribution is 2.32. The lowest BCUT2D eigenvalue weighted by molar-refractivity contribution is -0.121. The number of carbonyl (C=O) groups excluding carboxylic acids is 1. The second kappa shape index (κ2) is 3.86. The van der Waals surface area contributed by atoms with Crippen molar-refractivity contribution >= 4 is 11.6 Å². The lowest BCUT2D eigenvalue weighted by Crippen LogP contribution is -2.48. The highest BCUT2D eigenvalue weighted by atomic mass is 16.2. The average Bonchev–Trinajstić information content (AvgIpc) is 2.44. The van der Waals surface area contributed by atoms with Crippen molar-refractivity contribution in [2.75, 3.05) is 4.90 Å². The second-order valence-electron chi connectivity index (χ2n) is 5.64. The molecule has 0 radical (unpaired) electrons. The standard InChI is InChI=1S/C15H18N2O/c1-6-11-7-9-12(10-8-11)17-13(18)14(2,3)16-15(17,4)5/h1,7-10,16H,2-5H3. The van der Waals surface area contributed by atoms with Crippen molar-refractivity contribution in [3.05, 3.63) is 29.8 Å². The molecular formula is C15H18N2O. The number of carbonyl (C=O) groups is 1. The topological polar surface area (TPSA) is 32.3 Å². The molecule has 18 heavy (non-hydrogen) atoms. The molecule has 0 aliphatic carbocycles. The molecule has 1 aromatic carbocycles. The van der Waals surface area contributed by atoms with Crippen molar-refractivity contribution in [1.29, 1.82) is 0 Å². The molecule has 2 rings (SSSR count). The first kappa shape index (κ1) is 12.7. The Morgan fingerprint density at radius 2 is 1.72 bits per heavy atom. The van der Waals surface area contributed by atoms with Gasteiger partial charge in [0.1, 0.15) is 0 Å². The van der Waals surface area contributed by atoms with E-state index in [0.717, 1.165) is 11.3 Å². The van der Waals surface area contributed by atoms with Gasteiger partial charge in [-0.05, 0) is 52.0 Å². The van der Waals surface area contributed by atoms with Gasteiger partial charge in [-0.1, -0.05) is 5.92 Å². The summed E-state index contributed by atoms with van der Waals surface area (Å²) >= 11 is 0. The fourth-order valence-corrected chi connectivity index (χ4v) is 2.55. The predicted molar refractivity (Wildman–Crippen MR) is 73.2 cm³/mol. The van der Waals surface area contributed by atoms with Crippen LogP contribution in [0.2, 0.25) is 0 Å². The van der Waals surface area contributed by atoms with E-state index in [-0.39, 0.29) is 5.91 Å². The van der Waals surface area contributed by atoms with Crippen LogP contribution in [0.4, 0.5) is 5.69 Å². The minimum atomic E-state index is -0.547. The Morgan fingerprint density at radius 1 is 1.17 bits per heavy atom. The number of amides is 1. The molecule has 0 unspecified atom stereocenters. The van der Waals surface area contributed by atoms with E-state index >= 15 is 0 Å². The SMILES string of the molecule is C#Cc1ccc(N2C(=O)C(C)(C)NC2(C)C)cc1. The van der Waals surface area contributed by atoms with E-state index in [1.54, 1.807) is 4.90 Å². The number of terminal acetylenes is 1. The van der Waals surface area contributed by atoms with E-state index < -0.39 is 11.2 Å². The molecular weight excluding hydrogens is 224 g/mol. The Bertz CT molecular complexity index is 520. The molecule has 1 amide bonds. The third-order valence-electron chi connectivity index (χ3n) is 3.21. The van der Waals surface area contributed by atoms with Crippen molar-refractivity contribution in [2.24, 2.45) is 0 Å². The number of nitrogens with one attached hydrogen (secondary N) is 1. The molecule has 0 bridgehead atoms. The molecule has 1 saturated heterocycles. The molecule has 0 saturated carbocycles. The van der Waals surface area contributed by atoms with Crippen molar-refractivity contribution in [3.8, 4) is 12.3 Å². The van der Waals surface area contributed by atoms with Crippen LogP contribution < -0.4 is 10.2 Å². The third-order valence-corrected chi connectivity index (χ3v) is 3.21. The number of hydrogen-bond donors (Lipinski definition) is 1. The summed E-state index contributed by atoms with van der Waals surface area (Å²) in [5.74, 6) is 2.64. The van der Waals surface area contributed by atoms with E-state index in [1.807, 2.05) is 52.0 Å². The van der Waals surface area contributed by atoms with Gasteiger partial charge < -0.3 is 0 Å². The fraction of sp³-hybridized carbons (Fsp3) is 0.400. The number of benzene rings is 1. The first-order valence-electron chi connectivity index (χ1n) is 5.98. The quantitative estimate of drug-likeness (QED) is 0.765. The van der Waals surface area contributed by atoms with Gasteiger partial charge in [0.25, 0.3) is 0 Å². The maximum absolute atomic E-state index is 12.4. The molecule has 0 atom stereocenters.